The normalized spacial score (nSPS) is 19.1. The third kappa shape index (κ3) is 2.87. The molecule has 0 atom stereocenters. The Morgan fingerprint density at radius 1 is 1.29 bits per heavy atom. The quantitative estimate of drug-likeness (QED) is 0.425. The molecular weight excluding hydrogens is 184 g/mol. The van der Waals surface area contributed by atoms with Gasteiger partial charge in [0.25, 0.3) is 0 Å². The van der Waals surface area contributed by atoms with Crippen molar-refractivity contribution in [1.82, 2.24) is 0 Å². The van der Waals surface area contributed by atoms with E-state index in [2.05, 4.69) is 4.89 Å². The highest BCUT2D eigenvalue weighted by Gasteiger charge is 2.34. The maximum absolute atomic E-state index is 10.8. The van der Waals surface area contributed by atoms with Crippen LogP contribution < -0.4 is 0 Å². The molecule has 1 rings (SSSR count). The summed E-state index contributed by atoms with van der Waals surface area (Å²) in [6.45, 7) is 3.72. The molecule has 1 N–H and O–H groups in total. The van der Waals surface area contributed by atoms with Gasteiger partial charge in [-0.25, -0.2) is 4.79 Å². The molecule has 0 spiro atoms. The Balaban J connectivity index is 2.49. The predicted octanol–water partition coefficient (Wildman–Crippen LogP) is 2.97. The van der Waals surface area contributed by atoms with Gasteiger partial charge in [0.05, 0.1) is 0 Å². The molecule has 0 aromatic heterocycles. The minimum absolute atomic E-state index is 0.371. The van der Waals surface area contributed by atoms with E-state index in [1.54, 1.807) is 0 Å². The SMILES string of the molecule is CC(C)(OC(=O)OO)C1CCCCC1. The number of carbonyl (C=O) groups excluding carboxylic acids is 1. The van der Waals surface area contributed by atoms with Gasteiger partial charge in [-0.3, -0.25) is 4.89 Å². The Hall–Kier alpha value is -0.770. The van der Waals surface area contributed by atoms with Gasteiger partial charge in [0, 0.05) is 0 Å². The molecule has 0 aliphatic heterocycles. The first kappa shape index (κ1) is 11.3. The number of ether oxygens (including phenoxy) is 1. The van der Waals surface area contributed by atoms with Crippen LogP contribution in [0.5, 0.6) is 0 Å². The lowest BCUT2D eigenvalue weighted by Crippen LogP contribution is -2.37. The molecule has 1 fully saturated rings. The molecule has 0 aromatic rings. The van der Waals surface area contributed by atoms with Crippen molar-refractivity contribution in [3.05, 3.63) is 0 Å². The fraction of sp³-hybridized carbons (Fsp3) is 0.900. The molecule has 1 saturated carbocycles. The van der Waals surface area contributed by atoms with E-state index < -0.39 is 11.8 Å². The molecule has 0 aromatic carbocycles. The van der Waals surface area contributed by atoms with Crippen LogP contribution in [-0.4, -0.2) is 17.0 Å². The Kier molecular flexibility index (Phi) is 3.75. The van der Waals surface area contributed by atoms with Crippen molar-refractivity contribution in [2.24, 2.45) is 5.92 Å². The standard InChI is InChI=1S/C10H18O4/c1-10(2,13-9(11)14-12)8-6-4-3-5-7-8/h8,12H,3-7H2,1-2H3. The van der Waals surface area contributed by atoms with E-state index in [1.807, 2.05) is 13.8 Å². The van der Waals surface area contributed by atoms with Gasteiger partial charge >= 0.3 is 6.16 Å². The smallest absolute Gasteiger partial charge is 0.426 e. The number of hydrogen-bond donors (Lipinski definition) is 1. The summed E-state index contributed by atoms with van der Waals surface area (Å²) in [7, 11) is 0. The van der Waals surface area contributed by atoms with Crippen molar-refractivity contribution in [1.29, 1.82) is 0 Å². The fourth-order valence-electron chi connectivity index (χ4n) is 2.11. The van der Waals surface area contributed by atoms with Crippen molar-refractivity contribution in [2.75, 3.05) is 0 Å². The van der Waals surface area contributed by atoms with Crippen LogP contribution in [0.2, 0.25) is 0 Å². The van der Waals surface area contributed by atoms with Crippen LogP contribution in [0, 0.1) is 5.92 Å². The molecule has 0 amide bonds. The second kappa shape index (κ2) is 4.64. The highest BCUT2D eigenvalue weighted by molar-refractivity contribution is 5.59. The van der Waals surface area contributed by atoms with Crippen molar-refractivity contribution < 1.29 is 19.7 Å². The second-order valence-corrected chi connectivity index (χ2v) is 4.38. The van der Waals surface area contributed by atoms with Gasteiger partial charge in [-0.2, -0.15) is 5.26 Å². The Bertz CT molecular complexity index is 194. The molecule has 1 aliphatic carbocycles. The van der Waals surface area contributed by atoms with Crippen LogP contribution in [0.25, 0.3) is 0 Å². The zero-order valence-corrected chi connectivity index (χ0v) is 8.78. The van der Waals surface area contributed by atoms with Crippen LogP contribution in [0.1, 0.15) is 46.0 Å². The van der Waals surface area contributed by atoms with E-state index in [4.69, 9.17) is 9.99 Å². The Morgan fingerprint density at radius 2 is 1.86 bits per heavy atom. The lowest BCUT2D eigenvalue weighted by atomic mass is 9.79. The van der Waals surface area contributed by atoms with E-state index >= 15 is 0 Å². The molecule has 1 aliphatic rings. The first-order valence-electron chi connectivity index (χ1n) is 5.10. The van der Waals surface area contributed by atoms with E-state index in [-0.39, 0.29) is 0 Å². The molecule has 14 heavy (non-hydrogen) atoms. The molecule has 4 nitrogen and oxygen atoms in total. The van der Waals surface area contributed by atoms with Gasteiger partial charge < -0.3 is 4.74 Å². The molecule has 0 radical (unpaired) electrons. The van der Waals surface area contributed by atoms with Gasteiger partial charge in [-0.1, -0.05) is 19.3 Å². The van der Waals surface area contributed by atoms with E-state index in [0.717, 1.165) is 12.8 Å². The maximum atomic E-state index is 10.8. The first-order valence-corrected chi connectivity index (χ1v) is 5.10. The second-order valence-electron chi connectivity index (χ2n) is 4.38. The summed E-state index contributed by atoms with van der Waals surface area (Å²) < 4.78 is 5.02. The minimum Gasteiger partial charge on any atom is -0.426 e. The van der Waals surface area contributed by atoms with Gasteiger partial charge in [0.1, 0.15) is 5.60 Å². The van der Waals surface area contributed by atoms with Gasteiger partial charge in [-0.05, 0) is 32.6 Å². The monoisotopic (exact) mass is 202 g/mol. The largest absolute Gasteiger partial charge is 0.540 e. The molecule has 0 unspecified atom stereocenters. The van der Waals surface area contributed by atoms with Crippen LogP contribution in [0.4, 0.5) is 4.79 Å². The summed E-state index contributed by atoms with van der Waals surface area (Å²) in [5.41, 5.74) is -0.541. The maximum Gasteiger partial charge on any atom is 0.540 e. The Labute approximate surface area is 84.1 Å². The van der Waals surface area contributed by atoms with Gasteiger partial charge in [0.15, 0.2) is 0 Å². The van der Waals surface area contributed by atoms with Crippen LogP contribution in [0.15, 0.2) is 0 Å². The zero-order chi connectivity index (χ0) is 10.6. The number of carbonyl (C=O) groups is 1. The van der Waals surface area contributed by atoms with Crippen LogP contribution >= 0.6 is 0 Å². The predicted molar refractivity (Wildman–Crippen MR) is 50.8 cm³/mol. The first-order chi connectivity index (χ1) is 6.56. The topological polar surface area (TPSA) is 55.8 Å². The van der Waals surface area contributed by atoms with Crippen LogP contribution in [-0.2, 0) is 9.62 Å². The molecule has 4 heteroatoms. The van der Waals surface area contributed by atoms with E-state index in [9.17, 15) is 4.79 Å². The fourth-order valence-corrected chi connectivity index (χ4v) is 2.11. The van der Waals surface area contributed by atoms with E-state index in [0.29, 0.717) is 5.92 Å². The summed E-state index contributed by atoms with van der Waals surface area (Å²) in [6.07, 6.45) is 4.77. The third-order valence-electron chi connectivity index (χ3n) is 3.01. The minimum atomic E-state index is -1.01. The number of hydrogen-bond acceptors (Lipinski definition) is 4. The van der Waals surface area contributed by atoms with Gasteiger partial charge in [-0.15, -0.1) is 0 Å². The molecule has 0 saturated heterocycles. The van der Waals surface area contributed by atoms with Crippen molar-refractivity contribution in [2.45, 2.75) is 51.6 Å². The Morgan fingerprint density at radius 3 is 2.36 bits per heavy atom. The summed E-state index contributed by atoms with van der Waals surface area (Å²) in [4.78, 5) is 14.3. The van der Waals surface area contributed by atoms with Crippen molar-refractivity contribution >= 4 is 6.16 Å². The number of rotatable bonds is 2. The summed E-state index contributed by atoms with van der Waals surface area (Å²) in [5.74, 6) is 0.371. The van der Waals surface area contributed by atoms with Crippen molar-refractivity contribution in [3.63, 3.8) is 0 Å². The zero-order valence-electron chi connectivity index (χ0n) is 8.78. The summed E-state index contributed by atoms with van der Waals surface area (Å²) >= 11 is 0. The van der Waals surface area contributed by atoms with E-state index in [1.165, 1.54) is 19.3 Å². The molecular formula is C10H18O4. The lowest BCUT2D eigenvalue weighted by Gasteiger charge is -2.35. The summed E-state index contributed by atoms with van der Waals surface area (Å²) in [6, 6.07) is 0. The third-order valence-corrected chi connectivity index (χ3v) is 3.01. The average molecular weight is 202 g/mol. The van der Waals surface area contributed by atoms with Crippen molar-refractivity contribution in [3.8, 4) is 0 Å². The average Bonchev–Trinajstić information content (AvgIpc) is 2.18. The van der Waals surface area contributed by atoms with Crippen LogP contribution in [0.3, 0.4) is 0 Å². The summed E-state index contributed by atoms with van der Waals surface area (Å²) in [5, 5.41) is 8.12. The highest BCUT2D eigenvalue weighted by atomic mass is 17.1. The molecule has 0 bridgehead atoms. The lowest BCUT2D eigenvalue weighted by molar-refractivity contribution is -0.215. The van der Waals surface area contributed by atoms with Gasteiger partial charge in [0.2, 0.25) is 0 Å². The molecule has 82 valence electrons. The molecule has 0 heterocycles. The highest BCUT2D eigenvalue weighted by Crippen LogP contribution is 2.34.